The second-order valence-electron chi connectivity index (χ2n) is 4.40. The van der Waals surface area contributed by atoms with Gasteiger partial charge in [0.25, 0.3) is 0 Å². The van der Waals surface area contributed by atoms with Gasteiger partial charge in [-0.25, -0.2) is 9.13 Å². The minimum absolute atomic E-state index is 1.09. The molecular weight excluding hydrogens is 198 g/mol. The first-order valence-corrected chi connectivity index (χ1v) is 6.16. The van der Waals surface area contributed by atoms with Crippen LogP contribution in [0.15, 0.2) is 24.3 Å². The molecule has 3 rings (SSSR count). The fraction of sp³-hybridized carbons (Fsp3) is 0.462. The van der Waals surface area contributed by atoms with Crippen molar-refractivity contribution in [1.82, 2.24) is 4.57 Å². The normalized spacial score (nSPS) is 14.8. The standard InChI is InChI=1S/C13H17N3/c1-2-9-15-11-6-3-4-7-12(11)16-10-5-8-14-13(15)16/h3-4,6-7H,2,5,8-10H2,1H3/p+1. The Morgan fingerprint density at radius 2 is 2.25 bits per heavy atom. The second kappa shape index (κ2) is 3.81. The fourth-order valence-electron chi connectivity index (χ4n) is 2.60. The van der Waals surface area contributed by atoms with Gasteiger partial charge in [0, 0.05) is 6.42 Å². The highest BCUT2D eigenvalue weighted by molar-refractivity contribution is 5.74. The van der Waals surface area contributed by atoms with E-state index in [1.807, 2.05) is 0 Å². The maximum atomic E-state index is 3.53. The molecule has 1 aliphatic heterocycles. The largest absolute Gasteiger partial charge is 0.358 e. The van der Waals surface area contributed by atoms with Crippen molar-refractivity contribution in [3.05, 3.63) is 24.3 Å². The number of aromatic nitrogens is 2. The average Bonchev–Trinajstić information content (AvgIpc) is 2.66. The number of benzene rings is 1. The van der Waals surface area contributed by atoms with E-state index < -0.39 is 0 Å². The third-order valence-corrected chi connectivity index (χ3v) is 3.26. The minimum Gasteiger partial charge on any atom is -0.277 e. The Morgan fingerprint density at radius 3 is 3.12 bits per heavy atom. The lowest BCUT2D eigenvalue weighted by Gasteiger charge is -2.11. The van der Waals surface area contributed by atoms with E-state index >= 15 is 0 Å². The van der Waals surface area contributed by atoms with Crippen LogP contribution in [-0.4, -0.2) is 11.1 Å². The van der Waals surface area contributed by atoms with Crippen LogP contribution in [0.5, 0.6) is 0 Å². The zero-order valence-electron chi connectivity index (χ0n) is 9.74. The molecule has 1 aromatic heterocycles. The molecule has 1 aromatic carbocycles. The molecule has 0 atom stereocenters. The van der Waals surface area contributed by atoms with Gasteiger partial charge in [0.05, 0.1) is 19.6 Å². The topological polar surface area (TPSA) is 20.8 Å². The Hall–Kier alpha value is -1.51. The van der Waals surface area contributed by atoms with E-state index in [4.69, 9.17) is 0 Å². The third-order valence-electron chi connectivity index (χ3n) is 3.26. The van der Waals surface area contributed by atoms with Crippen molar-refractivity contribution < 1.29 is 4.57 Å². The summed E-state index contributed by atoms with van der Waals surface area (Å²) in [7, 11) is 0. The Kier molecular flexibility index (Phi) is 2.31. The Labute approximate surface area is 95.7 Å². The lowest BCUT2D eigenvalue weighted by molar-refractivity contribution is -0.661. The van der Waals surface area contributed by atoms with Gasteiger partial charge in [-0.3, -0.25) is 5.32 Å². The SMILES string of the molecule is CCCn1c2[n+](c3ccccc31)CCCN2. The van der Waals surface area contributed by atoms with Crippen LogP contribution in [0.2, 0.25) is 0 Å². The summed E-state index contributed by atoms with van der Waals surface area (Å²) in [5, 5.41) is 3.53. The van der Waals surface area contributed by atoms with Gasteiger partial charge in [0.2, 0.25) is 0 Å². The monoisotopic (exact) mass is 216 g/mol. The molecule has 2 aromatic rings. The fourth-order valence-corrected chi connectivity index (χ4v) is 2.60. The summed E-state index contributed by atoms with van der Waals surface area (Å²) in [4.78, 5) is 0. The van der Waals surface area contributed by atoms with Gasteiger partial charge in [-0.15, -0.1) is 0 Å². The number of imidazole rings is 1. The first kappa shape index (κ1) is 9.70. The van der Waals surface area contributed by atoms with Crippen molar-refractivity contribution in [1.29, 1.82) is 0 Å². The van der Waals surface area contributed by atoms with E-state index in [9.17, 15) is 0 Å². The van der Waals surface area contributed by atoms with Crippen molar-refractivity contribution in [2.75, 3.05) is 11.9 Å². The van der Waals surface area contributed by atoms with Crippen LogP contribution in [0.1, 0.15) is 19.8 Å². The molecular formula is C13H18N3+. The first-order valence-electron chi connectivity index (χ1n) is 6.16. The molecule has 0 bridgehead atoms. The Morgan fingerprint density at radius 1 is 1.38 bits per heavy atom. The van der Waals surface area contributed by atoms with Gasteiger partial charge in [-0.2, -0.15) is 0 Å². The van der Waals surface area contributed by atoms with Gasteiger partial charge >= 0.3 is 5.95 Å². The van der Waals surface area contributed by atoms with Crippen LogP contribution in [0, 0.1) is 0 Å². The van der Waals surface area contributed by atoms with Gasteiger partial charge in [0.1, 0.15) is 11.0 Å². The molecule has 0 saturated heterocycles. The number of nitrogens with one attached hydrogen (secondary N) is 1. The van der Waals surface area contributed by atoms with Crippen molar-refractivity contribution in [2.45, 2.75) is 32.9 Å². The Bertz CT molecular complexity index is 513. The lowest BCUT2D eigenvalue weighted by Crippen LogP contribution is -2.41. The molecule has 0 fully saturated rings. The predicted molar refractivity (Wildman–Crippen MR) is 65.5 cm³/mol. The van der Waals surface area contributed by atoms with Crippen LogP contribution in [0.4, 0.5) is 5.95 Å². The number of anilines is 1. The molecule has 0 amide bonds. The van der Waals surface area contributed by atoms with Crippen LogP contribution >= 0.6 is 0 Å². The van der Waals surface area contributed by atoms with E-state index in [-0.39, 0.29) is 0 Å². The van der Waals surface area contributed by atoms with Crippen LogP contribution in [0.25, 0.3) is 11.0 Å². The molecule has 0 saturated carbocycles. The van der Waals surface area contributed by atoms with Gasteiger partial charge in [-0.1, -0.05) is 19.1 Å². The molecule has 0 unspecified atom stereocenters. The summed E-state index contributed by atoms with van der Waals surface area (Å²) in [5.41, 5.74) is 2.71. The number of rotatable bonds is 2. The number of nitrogens with zero attached hydrogens (tertiary/aromatic N) is 2. The van der Waals surface area contributed by atoms with Gasteiger partial charge in [0.15, 0.2) is 0 Å². The Balaban J connectivity index is 2.28. The zero-order chi connectivity index (χ0) is 11.0. The van der Waals surface area contributed by atoms with E-state index in [0.29, 0.717) is 0 Å². The van der Waals surface area contributed by atoms with Crippen LogP contribution < -0.4 is 9.88 Å². The molecule has 1 aliphatic rings. The summed E-state index contributed by atoms with van der Waals surface area (Å²) >= 11 is 0. The number of hydrogen-bond donors (Lipinski definition) is 1. The van der Waals surface area contributed by atoms with E-state index in [1.54, 1.807) is 0 Å². The smallest absolute Gasteiger partial charge is 0.277 e. The molecule has 0 radical (unpaired) electrons. The van der Waals surface area contributed by atoms with Crippen molar-refractivity contribution in [3.8, 4) is 0 Å². The number of fused-ring (bicyclic) bond motifs is 3. The molecule has 84 valence electrons. The van der Waals surface area contributed by atoms with E-state index in [1.165, 1.54) is 29.8 Å². The number of aryl methyl sites for hydroxylation is 2. The number of hydrogen-bond acceptors (Lipinski definition) is 1. The summed E-state index contributed by atoms with van der Waals surface area (Å²) in [6, 6.07) is 8.69. The van der Waals surface area contributed by atoms with E-state index in [0.717, 1.165) is 19.6 Å². The van der Waals surface area contributed by atoms with Gasteiger partial charge in [-0.05, 0) is 18.6 Å². The highest BCUT2D eigenvalue weighted by Crippen LogP contribution is 2.20. The molecule has 3 heteroatoms. The molecule has 0 spiro atoms. The van der Waals surface area contributed by atoms with Crippen LogP contribution in [0.3, 0.4) is 0 Å². The average molecular weight is 216 g/mol. The molecule has 1 N–H and O–H groups in total. The van der Waals surface area contributed by atoms with E-state index in [2.05, 4.69) is 45.6 Å². The van der Waals surface area contributed by atoms with Crippen molar-refractivity contribution >= 4 is 17.0 Å². The zero-order valence-corrected chi connectivity index (χ0v) is 9.74. The number of para-hydroxylation sites is 2. The summed E-state index contributed by atoms with van der Waals surface area (Å²) in [6.07, 6.45) is 2.39. The lowest BCUT2D eigenvalue weighted by atomic mass is 10.3. The van der Waals surface area contributed by atoms with Crippen molar-refractivity contribution in [3.63, 3.8) is 0 Å². The summed E-state index contributed by atoms with van der Waals surface area (Å²) < 4.78 is 4.82. The quantitative estimate of drug-likeness (QED) is 0.763. The summed E-state index contributed by atoms with van der Waals surface area (Å²) in [6.45, 7) is 5.56. The molecule has 3 nitrogen and oxygen atoms in total. The highest BCUT2D eigenvalue weighted by Gasteiger charge is 2.24. The molecule has 16 heavy (non-hydrogen) atoms. The minimum atomic E-state index is 1.09. The van der Waals surface area contributed by atoms with Crippen molar-refractivity contribution in [2.24, 2.45) is 0 Å². The summed E-state index contributed by atoms with van der Waals surface area (Å²) in [5.74, 6) is 1.29. The van der Waals surface area contributed by atoms with Crippen LogP contribution in [-0.2, 0) is 13.1 Å². The highest BCUT2D eigenvalue weighted by atomic mass is 15.3. The first-order chi connectivity index (χ1) is 7.92. The predicted octanol–water partition coefficient (Wildman–Crippen LogP) is 2.15. The molecule has 0 aliphatic carbocycles. The maximum absolute atomic E-state index is 3.53. The molecule has 2 heterocycles. The third kappa shape index (κ3) is 1.31. The van der Waals surface area contributed by atoms with Gasteiger partial charge < -0.3 is 0 Å². The maximum Gasteiger partial charge on any atom is 0.358 e. The second-order valence-corrected chi connectivity index (χ2v) is 4.40.